The van der Waals surface area contributed by atoms with Crippen molar-refractivity contribution in [3.05, 3.63) is 23.9 Å². The molecule has 2 N–H and O–H groups in total. The number of rotatable bonds is 5. The molecular formula is C13H18F2N2O4. The molecule has 0 bridgehead atoms. The smallest absolute Gasteiger partial charge is 0.408 e. The second kappa shape index (κ2) is 7.16. The van der Waals surface area contributed by atoms with E-state index < -0.39 is 31.0 Å². The van der Waals surface area contributed by atoms with E-state index in [0.29, 0.717) is 5.56 Å². The fourth-order valence-corrected chi connectivity index (χ4v) is 1.48. The number of pyridine rings is 1. The fraction of sp³-hybridized carbons (Fsp3) is 0.538. The zero-order chi connectivity index (χ0) is 16.0. The van der Waals surface area contributed by atoms with E-state index in [9.17, 15) is 18.7 Å². The molecule has 6 nitrogen and oxygen atoms in total. The maximum absolute atomic E-state index is 12.1. The van der Waals surface area contributed by atoms with E-state index in [0.717, 1.165) is 0 Å². The molecule has 21 heavy (non-hydrogen) atoms. The average Bonchev–Trinajstić information content (AvgIpc) is 2.33. The Kier molecular flexibility index (Phi) is 5.83. The van der Waals surface area contributed by atoms with Gasteiger partial charge in [0.1, 0.15) is 5.60 Å². The second-order valence-corrected chi connectivity index (χ2v) is 5.19. The van der Waals surface area contributed by atoms with Gasteiger partial charge in [0, 0.05) is 12.3 Å². The Hall–Kier alpha value is -1.96. The lowest BCUT2D eigenvalue weighted by atomic mass is 10.1. The van der Waals surface area contributed by atoms with Crippen LogP contribution in [0.1, 0.15) is 32.4 Å². The molecule has 0 aromatic carbocycles. The SMILES string of the molecule is CC(C)(C)OC(=O)N[C@@H](CO)c1ccnc(OC(F)F)c1. The number of alkyl carbamates (subject to hydrolysis) is 1. The minimum absolute atomic E-state index is 0.299. The predicted octanol–water partition coefficient (Wildman–Crippen LogP) is 2.24. The van der Waals surface area contributed by atoms with Crippen LogP contribution in [0.2, 0.25) is 0 Å². The van der Waals surface area contributed by atoms with E-state index in [1.165, 1.54) is 18.3 Å². The number of ether oxygens (including phenoxy) is 2. The fourth-order valence-electron chi connectivity index (χ4n) is 1.48. The molecule has 8 heteroatoms. The Labute approximate surface area is 121 Å². The van der Waals surface area contributed by atoms with E-state index in [4.69, 9.17) is 4.74 Å². The number of amides is 1. The van der Waals surface area contributed by atoms with Crippen LogP contribution < -0.4 is 10.1 Å². The van der Waals surface area contributed by atoms with Gasteiger partial charge in [0.2, 0.25) is 5.88 Å². The summed E-state index contributed by atoms with van der Waals surface area (Å²) in [6.07, 6.45) is 0.515. The third kappa shape index (κ3) is 6.35. The van der Waals surface area contributed by atoms with Crippen molar-refractivity contribution in [2.45, 2.75) is 39.0 Å². The molecule has 0 aliphatic carbocycles. The number of hydrogen-bond acceptors (Lipinski definition) is 5. The summed E-state index contributed by atoms with van der Waals surface area (Å²) in [6.45, 7) is 1.65. The van der Waals surface area contributed by atoms with E-state index in [1.807, 2.05) is 0 Å². The van der Waals surface area contributed by atoms with Crippen LogP contribution in [0, 0.1) is 0 Å². The number of aromatic nitrogens is 1. The monoisotopic (exact) mass is 304 g/mol. The first kappa shape index (κ1) is 17.1. The van der Waals surface area contributed by atoms with Crippen molar-refractivity contribution in [1.29, 1.82) is 0 Å². The Morgan fingerprint density at radius 2 is 2.14 bits per heavy atom. The zero-order valence-corrected chi connectivity index (χ0v) is 12.0. The first-order chi connectivity index (χ1) is 9.71. The Morgan fingerprint density at radius 1 is 1.48 bits per heavy atom. The molecule has 1 aromatic heterocycles. The quantitative estimate of drug-likeness (QED) is 0.872. The molecule has 1 rings (SSSR count). The van der Waals surface area contributed by atoms with Crippen LogP contribution in [0.5, 0.6) is 5.88 Å². The van der Waals surface area contributed by atoms with Gasteiger partial charge in [0.25, 0.3) is 0 Å². The van der Waals surface area contributed by atoms with Crippen LogP contribution in [0.25, 0.3) is 0 Å². The Balaban J connectivity index is 2.78. The van der Waals surface area contributed by atoms with Gasteiger partial charge in [-0.05, 0) is 32.4 Å². The normalized spacial score (nSPS) is 12.9. The minimum Gasteiger partial charge on any atom is -0.444 e. The van der Waals surface area contributed by atoms with Gasteiger partial charge in [-0.2, -0.15) is 8.78 Å². The number of alkyl halides is 2. The molecular weight excluding hydrogens is 286 g/mol. The summed E-state index contributed by atoms with van der Waals surface area (Å²) < 4.78 is 33.5. The summed E-state index contributed by atoms with van der Waals surface area (Å²) in [7, 11) is 0. The highest BCUT2D eigenvalue weighted by Gasteiger charge is 2.20. The van der Waals surface area contributed by atoms with E-state index >= 15 is 0 Å². The van der Waals surface area contributed by atoms with Crippen LogP contribution in [0.4, 0.5) is 13.6 Å². The van der Waals surface area contributed by atoms with Gasteiger partial charge in [-0.3, -0.25) is 0 Å². The van der Waals surface area contributed by atoms with Crippen LogP contribution in [-0.4, -0.2) is 35.0 Å². The molecule has 0 spiro atoms. The number of hydrogen-bond donors (Lipinski definition) is 2. The van der Waals surface area contributed by atoms with Gasteiger partial charge in [0.05, 0.1) is 12.6 Å². The molecule has 0 saturated heterocycles. The highest BCUT2D eigenvalue weighted by Crippen LogP contribution is 2.19. The lowest BCUT2D eigenvalue weighted by Crippen LogP contribution is -2.36. The van der Waals surface area contributed by atoms with Crippen LogP contribution in [0.15, 0.2) is 18.3 Å². The summed E-state index contributed by atoms with van der Waals surface area (Å²) in [6, 6.07) is 1.86. The summed E-state index contributed by atoms with van der Waals surface area (Å²) in [5.74, 6) is -0.299. The molecule has 1 amide bonds. The molecule has 0 fully saturated rings. The van der Waals surface area contributed by atoms with Gasteiger partial charge in [0.15, 0.2) is 0 Å². The molecule has 0 saturated carbocycles. The number of aliphatic hydroxyl groups is 1. The number of nitrogens with one attached hydrogen (secondary N) is 1. The standard InChI is InChI=1S/C13H18F2N2O4/c1-13(2,3)21-12(19)17-9(7-18)8-4-5-16-10(6-8)20-11(14)15/h4-6,9,11,18H,7H2,1-3H3,(H,17,19)/t9-/m0/s1. The average molecular weight is 304 g/mol. The highest BCUT2D eigenvalue weighted by atomic mass is 19.3. The van der Waals surface area contributed by atoms with E-state index in [1.54, 1.807) is 20.8 Å². The Bertz CT molecular complexity index is 477. The molecule has 0 radical (unpaired) electrons. The molecule has 0 aliphatic heterocycles. The van der Waals surface area contributed by atoms with Crippen molar-refractivity contribution >= 4 is 6.09 Å². The Morgan fingerprint density at radius 3 is 2.67 bits per heavy atom. The largest absolute Gasteiger partial charge is 0.444 e. The van der Waals surface area contributed by atoms with Crippen molar-refractivity contribution in [2.24, 2.45) is 0 Å². The number of nitrogens with zero attached hydrogens (tertiary/aromatic N) is 1. The molecule has 1 atom stereocenters. The lowest BCUT2D eigenvalue weighted by molar-refractivity contribution is -0.0529. The van der Waals surface area contributed by atoms with E-state index in [2.05, 4.69) is 15.0 Å². The highest BCUT2D eigenvalue weighted by molar-refractivity contribution is 5.68. The van der Waals surface area contributed by atoms with Crippen LogP contribution >= 0.6 is 0 Å². The van der Waals surface area contributed by atoms with Crippen molar-refractivity contribution in [3.8, 4) is 5.88 Å². The van der Waals surface area contributed by atoms with Crippen LogP contribution in [-0.2, 0) is 4.74 Å². The summed E-state index contributed by atoms with van der Waals surface area (Å²) >= 11 is 0. The number of carbonyl (C=O) groups is 1. The zero-order valence-electron chi connectivity index (χ0n) is 12.0. The van der Waals surface area contributed by atoms with Crippen molar-refractivity contribution in [2.75, 3.05) is 6.61 Å². The number of aliphatic hydroxyl groups excluding tert-OH is 1. The predicted molar refractivity (Wildman–Crippen MR) is 70.1 cm³/mol. The molecule has 1 heterocycles. The van der Waals surface area contributed by atoms with Gasteiger partial charge < -0.3 is 19.9 Å². The third-order valence-electron chi connectivity index (χ3n) is 2.24. The first-order valence-electron chi connectivity index (χ1n) is 6.22. The maximum atomic E-state index is 12.1. The molecule has 0 aliphatic rings. The van der Waals surface area contributed by atoms with Crippen LogP contribution in [0.3, 0.4) is 0 Å². The van der Waals surface area contributed by atoms with Crippen molar-refractivity contribution < 1.29 is 28.2 Å². The number of halogens is 2. The van der Waals surface area contributed by atoms with Crippen molar-refractivity contribution in [3.63, 3.8) is 0 Å². The lowest BCUT2D eigenvalue weighted by Gasteiger charge is -2.23. The van der Waals surface area contributed by atoms with Gasteiger partial charge >= 0.3 is 12.7 Å². The molecule has 118 valence electrons. The summed E-state index contributed by atoms with van der Waals surface area (Å²) in [5.41, 5.74) is -0.319. The molecule has 1 aromatic rings. The van der Waals surface area contributed by atoms with Gasteiger partial charge in [-0.25, -0.2) is 9.78 Å². The molecule has 0 unspecified atom stereocenters. The van der Waals surface area contributed by atoms with Gasteiger partial charge in [-0.1, -0.05) is 0 Å². The minimum atomic E-state index is -3.00. The van der Waals surface area contributed by atoms with Gasteiger partial charge in [-0.15, -0.1) is 0 Å². The number of carbonyl (C=O) groups excluding carboxylic acids is 1. The third-order valence-corrected chi connectivity index (χ3v) is 2.24. The second-order valence-electron chi connectivity index (χ2n) is 5.19. The summed E-state index contributed by atoms with van der Waals surface area (Å²) in [4.78, 5) is 15.3. The first-order valence-corrected chi connectivity index (χ1v) is 6.22. The van der Waals surface area contributed by atoms with E-state index in [-0.39, 0.29) is 5.88 Å². The maximum Gasteiger partial charge on any atom is 0.408 e. The summed E-state index contributed by atoms with van der Waals surface area (Å²) in [5, 5.41) is 11.8. The topological polar surface area (TPSA) is 80.7 Å². The van der Waals surface area contributed by atoms with Crippen molar-refractivity contribution in [1.82, 2.24) is 10.3 Å².